The van der Waals surface area contributed by atoms with Crippen molar-refractivity contribution in [1.29, 1.82) is 0 Å². The van der Waals surface area contributed by atoms with Gasteiger partial charge in [0.15, 0.2) is 0 Å². The Labute approximate surface area is 104 Å². The highest BCUT2D eigenvalue weighted by atomic mass is 16.5. The van der Waals surface area contributed by atoms with Gasteiger partial charge in [-0.3, -0.25) is 0 Å². The molecule has 3 nitrogen and oxygen atoms in total. The van der Waals surface area contributed by atoms with Crippen LogP contribution in [0.25, 0.3) is 0 Å². The standard InChI is InChI=1S/C14H23NO2/c1-12(2)10-17-11-14(16)9-15-8-13-6-4-3-5-7-13/h3-7,12,14-16H,8-11H2,1-2H3/t14-/m1/s1. The predicted molar refractivity (Wildman–Crippen MR) is 69.8 cm³/mol. The molecule has 0 bridgehead atoms. The predicted octanol–water partition coefficient (Wildman–Crippen LogP) is 1.81. The Bertz CT molecular complexity index is 288. The Morgan fingerprint density at radius 1 is 1.18 bits per heavy atom. The smallest absolute Gasteiger partial charge is 0.0897 e. The van der Waals surface area contributed by atoms with Gasteiger partial charge in [0.25, 0.3) is 0 Å². The zero-order valence-electron chi connectivity index (χ0n) is 10.7. The molecule has 0 spiro atoms. The average molecular weight is 237 g/mol. The van der Waals surface area contributed by atoms with Crippen LogP contribution >= 0.6 is 0 Å². The third-order valence-corrected chi connectivity index (χ3v) is 2.31. The third-order valence-electron chi connectivity index (χ3n) is 2.31. The van der Waals surface area contributed by atoms with E-state index < -0.39 is 6.10 Å². The van der Waals surface area contributed by atoms with Gasteiger partial charge in [0.05, 0.1) is 12.7 Å². The Morgan fingerprint density at radius 2 is 1.88 bits per heavy atom. The van der Waals surface area contributed by atoms with Crippen molar-refractivity contribution in [3.8, 4) is 0 Å². The summed E-state index contributed by atoms with van der Waals surface area (Å²) in [7, 11) is 0. The second kappa shape index (κ2) is 8.23. The van der Waals surface area contributed by atoms with Crippen LogP contribution in [0.1, 0.15) is 19.4 Å². The summed E-state index contributed by atoms with van der Waals surface area (Å²) in [6.45, 7) is 6.64. The van der Waals surface area contributed by atoms with Crippen molar-refractivity contribution in [2.75, 3.05) is 19.8 Å². The molecule has 0 saturated heterocycles. The van der Waals surface area contributed by atoms with Gasteiger partial charge in [0.2, 0.25) is 0 Å². The molecule has 0 unspecified atom stereocenters. The minimum absolute atomic E-state index is 0.403. The van der Waals surface area contributed by atoms with Crippen LogP contribution < -0.4 is 5.32 Å². The van der Waals surface area contributed by atoms with Crippen LogP contribution in [0, 0.1) is 5.92 Å². The van der Waals surface area contributed by atoms with Crippen LogP contribution in [0.5, 0.6) is 0 Å². The van der Waals surface area contributed by atoms with Gasteiger partial charge in [0, 0.05) is 19.7 Å². The van der Waals surface area contributed by atoms with E-state index in [2.05, 4.69) is 31.3 Å². The summed E-state index contributed by atoms with van der Waals surface area (Å²) in [5.41, 5.74) is 1.22. The first-order valence-electron chi connectivity index (χ1n) is 6.19. The fourth-order valence-corrected chi connectivity index (χ4v) is 1.48. The van der Waals surface area contributed by atoms with Gasteiger partial charge in [-0.15, -0.1) is 0 Å². The lowest BCUT2D eigenvalue weighted by molar-refractivity contribution is 0.0260. The SMILES string of the molecule is CC(C)COC[C@H](O)CNCc1ccccc1. The summed E-state index contributed by atoms with van der Waals surface area (Å²) in [5, 5.41) is 12.9. The maximum atomic E-state index is 9.65. The molecule has 1 atom stereocenters. The minimum Gasteiger partial charge on any atom is -0.389 e. The van der Waals surface area contributed by atoms with Crippen LogP contribution in [-0.2, 0) is 11.3 Å². The van der Waals surface area contributed by atoms with Gasteiger partial charge in [-0.25, -0.2) is 0 Å². The van der Waals surface area contributed by atoms with Gasteiger partial charge in [0.1, 0.15) is 0 Å². The molecule has 1 rings (SSSR count). The molecular weight excluding hydrogens is 214 g/mol. The summed E-state index contributed by atoms with van der Waals surface area (Å²) in [6.07, 6.45) is -0.433. The summed E-state index contributed by atoms with van der Waals surface area (Å²) in [5.74, 6) is 0.513. The number of hydrogen-bond donors (Lipinski definition) is 2. The molecule has 1 aromatic carbocycles. The molecule has 0 saturated carbocycles. The first kappa shape index (κ1) is 14.2. The van der Waals surface area contributed by atoms with Crippen molar-refractivity contribution in [2.45, 2.75) is 26.5 Å². The molecular formula is C14H23NO2. The molecule has 0 radical (unpaired) electrons. The highest BCUT2D eigenvalue weighted by molar-refractivity contribution is 5.14. The summed E-state index contributed by atoms with van der Waals surface area (Å²) in [4.78, 5) is 0. The summed E-state index contributed by atoms with van der Waals surface area (Å²) >= 11 is 0. The van der Waals surface area contributed by atoms with Crippen LogP contribution in [0.2, 0.25) is 0 Å². The largest absolute Gasteiger partial charge is 0.389 e. The van der Waals surface area contributed by atoms with Crippen molar-refractivity contribution in [3.05, 3.63) is 35.9 Å². The van der Waals surface area contributed by atoms with E-state index in [9.17, 15) is 5.11 Å². The van der Waals surface area contributed by atoms with E-state index >= 15 is 0 Å². The number of nitrogens with one attached hydrogen (secondary N) is 1. The van der Waals surface area contributed by atoms with Crippen molar-refractivity contribution < 1.29 is 9.84 Å². The van der Waals surface area contributed by atoms with Crippen LogP contribution in [-0.4, -0.2) is 31.0 Å². The Hall–Kier alpha value is -0.900. The average Bonchev–Trinajstić information content (AvgIpc) is 2.30. The molecule has 0 heterocycles. The van der Waals surface area contributed by atoms with Crippen molar-refractivity contribution >= 4 is 0 Å². The zero-order valence-corrected chi connectivity index (χ0v) is 10.7. The zero-order chi connectivity index (χ0) is 12.5. The summed E-state index contributed by atoms with van der Waals surface area (Å²) in [6, 6.07) is 10.2. The van der Waals surface area contributed by atoms with E-state index in [1.165, 1.54) is 5.56 Å². The van der Waals surface area contributed by atoms with Crippen molar-refractivity contribution in [1.82, 2.24) is 5.32 Å². The van der Waals surface area contributed by atoms with Gasteiger partial charge in [-0.2, -0.15) is 0 Å². The highest BCUT2D eigenvalue weighted by Gasteiger charge is 2.04. The lowest BCUT2D eigenvalue weighted by Crippen LogP contribution is -2.30. The highest BCUT2D eigenvalue weighted by Crippen LogP contribution is 1.97. The maximum absolute atomic E-state index is 9.65. The van der Waals surface area contributed by atoms with E-state index in [0.717, 1.165) is 6.54 Å². The molecule has 96 valence electrons. The summed E-state index contributed by atoms with van der Waals surface area (Å²) < 4.78 is 5.37. The molecule has 0 aliphatic rings. The molecule has 1 aromatic rings. The van der Waals surface area contributed by atoms with Gasteiger partial charge >= 0.3 is 0 Å². The number of rotatable bonds is 8. The van der Waals surface area contributed by atoms with E-state index in [1.54, 1.807) is 0 Å². The molecule has 2 N–H and O–H groups in total. The van der Waals surface area contributed by atoms with Crippen LogP contribution in [0.3, 0.4) is 0 Å². The monoisotopic (exact) mass is 237 g/mol. The number of ether oxygens (including phenoxy) is 1. The van der Waals surface area contributed by atoms with Crippen LogP contribution in [0.4, 0.5) is 0 Å². The Morgan fingerprint density at radius 3 is 2.53 bits per heavy atom. The first-order chi connectivity index (χ1) is 8.18. The molecule has 17 heavy (non-hydrogen) atoms. The topological polar surface area (TPSA) is 41.5 Å². The van der Waals surface area contributed by atoms with Crippen molar-refractivity contribution in [3.63, 3.8) is 0 Å². The van der Waals surface area contributed by atoms with Gasteiger partial charge in [-0.05, 0) is 11.5 Å². The maximum Gasteiger partial charge on any atom is 0.0897 e. The molecule has 0 amide bonds. The first-order valence-corrected chi connectivity index (χ1v) is 6.19. The molecule has 3 heteroatoms. The second-order valence-electron chi connectivity index (χ2n) is 4.70. The number of aliphatic hydroxyl groups is 1. The normalized spacial score (nSPS) is 12.9. The Balaban J connectivity index is 2.06. The second-order valence-corrected chi connectivity index (χ2v) is 4.70. The van der Waals surface area contributed by atoms with Gasteiger partial charge in [-0.1, -0.05) is 44.2 Å². The fraction of sp³-hybridized carbons (Fsp3) is 0.571. The molecule has 0 fully saturated rings. The lowest BCUT2D eigenvalue weighted by Gasteiger charge is -2.13. The van der Waals surface area contributed by atoms with E-state index in [-0.39, 0.29) is 0 Å². The molecule has 0 aliphatic carbocycles. The quantitative estimate of drug-likeness (QED) is 0.724. The third kappa shape index (κ3) is 7.10. The fourth-order valence-electron chi connectivity index (χ4n) is 1.48. The number of hydrogen-bond acceptors (Lipinski definition) is 3. The van der Waals surface area contributed by atoms with E-state index in [1.807, 2.05) is 18.2 Å². The molecule has 0 aliphatic heterocycles. The van der Waals surface area contributed by atoms with Crippen LogP contribution in [0.15, 0.2) is 30.3 Å². The molecule has 0 aromatic heterocycles. The van der Waals surface area contributed by atoms with E-state index in [4.69, 9.17) is 4.74 Å². The minimum atomic E-state index is -0.433. The van der Waals surface area contributed by atoms with E-state index in [0.29, 0.717) is 25.7 Å². The number of aliphatic hydroxyl groups excluding tert-OH is 1. The lowest BCUT2D eigenvalue weighted by atomic mass is 10.2. The van der Waals surface area contributed by atoms with Crippen molar-refractivity contribution in [2.24, 2.45) is 5.92 Å². The van der Waals surface area contributed by atoms with Gasteiger partial charge < -0.3 is 15.2 Å². The Kier molecular flexibility index (Phi) is 6.86. The number of benzene rings is 1.